The molecule has 0 aliphatic rings. The summed E-state index contributed by atoms with van der Waals surface area (Å²) in [7, 11) is 0. The van der Waals surface area contributed by atoms with E-state index in [1.807, 2.05) is 30.3 Å². The lowest BCUT2D eigenvalue weighted by atomic mass is 10.1. The molecule has 1 heterocycles. The second-order valence-corrected chi connectivity index (χ2v) is 8.53. The second kappa shape index (κ2) is 10.9. The lowest BCUT2D eigenvalue weighted by molar-refractivity contribution is -0.118. The molecule has 2 aromatic carbocycles. The van der Waals surface area contributed by atoms with E-state index in [0.29, 0.717) is 33.8 Å². The Labute approximate surface area is 182 Å². The highest BCUT2D eigenvalue weighted by atomic mass is 35.5. The summed E-state index contributed by atoms with van der Waals surface area (Å²) in [6, 6.07) is 16.9. The van der Waals surface area contributed by atoms with Crippen molar-refractivity contribution >= 4 is 52.2 Å². The first-order valence-corrected chi connectivity index (χ1v) is 11.2. The van der Waals surface area contributed by atoms with Crippen LogP contribution in [0.4, 0.5) is 5.69 Å². The maximum absolute atomic E-state index is 12.2. The van der Waals surface area contributed by atoms with Gasteiger partial charge in [0.05, 0.1) is 5.75 Å². The molecule has 9 heteroatoms. The third-order valence-electron chi connectivity index (χ3n) is 3.78. The van der Waals surface area contributed by atoms with E-state index in [1.165, 1.54) is 28.7 Å². The van der Waals surface area contributed by atoms with Crippen LogP contribution in [0.1, 0.15) is 20.4 Å². The maximum Gasteiger partial charge on any atom is 0.286 e. The summed E-state index contributed by atoms with van der Waals surface area (Å²) in [5.41, 5.74) is 1.79. The molecule has 29 heavy (non-hydrogen) atoms. The van der Waals surface area contributed by atoms with Gasteiger partial charge in [-0.15, -0.1) is 22.0 Å². The summed E-state index contributed by atoms with van der Waals surface area (Å²) in [5.74, 6) is 0.501. The van der Waals surface area contributed by atoms with E-state index in [2.05, 4.69) is 20.8 Å². The average molecular weight is 447 g/mol. The number of nitrogens with one attached hydrogen (secondary N) is 2. The van der Waals surface area contributed by atoms with Gasteiger partial charge in [0.15, 0.2) is 0 Å². The summed E-state index contributed by atoms with van der Waals surface area (Å²) in [6.07, 6.45) is 0.804. The van der Waals surface area contributed by atoms with Crippen LogP contribution in [0.25, 0.3) is 0 Å². The molecular weight excluding hydrogens is 428 g/mol. The predicted octanol–water partition coefficient (Wildman–Crippen LogP) is 4.04. The zero-order valence-corrected chi connectivity index (χ0v) is 17.8. The number of anilines is 1. The second-order valence-electron chi connectivity index (χ2n) is 6.04. The van der Waals surface area contributed by atoms with E-state index in [0.717, 1.165) is 6.42 Å². The number of hydrogen-bond acceptors (Lipinski definition) is 6. The SMILES string of the molecule is O=C(CSCc1nnc(C(=O)Nc2cccc(Cl)c2)s1)NCCc1ccccc1. The van der Waals surface area contributed by atoms with Crippen LogP contribution < -0.4 is 10.6 Å². The highest BCUT2D eigenvalue weighted by Gasteiger charge is 2.13. The number of hydrogen-bond donors (Lipinski definition) is 2. The van der Waals surface area contributed by atoms with Gasteiger partial charge in [0.1, 0.15) is 5.01 Å². The van der Waals surface area contributed by atoms with Gasteiger partial charge in [0.2, 0.25) is 10.9 Å². The molecule has 2 amide bonds. The zero-order valence-electron chi connectivity index (χ0n) is 15.4. The first-order chi connectivity index (χ1) is 14.1. The minimum absolute atomic E-state index is 0.0191. The highest BCUT2D eigenvalue weighted by Crippen LogP contribution is 2.19. The Balaban J connectivity index is 1.37. The fourth-order valence-corrected chi connectivity index (χ4v) is 4.26. The third kappa shape index (κ3) is 7.16. The fourth-order valence-electron chi connectivity index (χ4n) is 2.43. The number of nitrogens with zero attached hydrogens (tertiary/aromatic N) is 2. The molecule has 0 saturated heterocycles. The largest absolute Gasteiger partial charge is 0.355 e. The molecular formula is C20H19ClN4O2S2. The summed E-state index contributed by atoms with van der Waals surface area (Å²) < 4.78 is 0. The summed E-state index contributed by atoms with van der Waals surface area (Å²) in [5, 5.41) is 15.1. The number of amides is 2. The molecule has 3 rings (SSSR count). The van der Waals surface area contributed by atoms with Gasteiger partial charge in [-0.3, -0.25) is 9.59 Å². The van der Waals surface area contributed by atoms with Gasteiger partial charge in [0.25, 0.3) is 5.91 Å². The Hall–Kier alpha value is -2.42. The smallest absolute Gasteiger partial charge is 0.286 e. The van der Waals surface area contributed by atoms with Gasteiger partial charge in [0, 0.05) is 23.0 Å². The van der Waals surface area contributed by atoms with Crippen LogP contribution in [0.3, 0.4) is 0 Å². The van der Waals surface area contributed by atoms with E-state index < -0.39 is 0 Å². The van der Waals surface area contributed by atoms with Crippen molar-refractivity contribution in [2.45, 2.75) is 12.2 Å². The van der Waals surface area contributed by atoms with Gasteiger partial charge < -0.3 is 10.6 Å². The minimum atomic E-state index is -0.334. The van der Waals surface area contributed by atoms with E-state index in [9.17, 15) is 9.59 Å². The molecule has 0 aliphatic heterocycles. The highest BCUT2D eigenvalue weighted by molar-refractivity contribution is 7.99. The van der Waals surface area contributed by atoms with Crippen LogP contribution in [0.2, 0.25) is 5.02 Å². The van der Waals surface area contributed by atoms with Gasteiger partial charge in [-0.25, -0.2) is 0 Å². The van der Waals surface area contributed by atoms with Crippen LogP contribution in [0.15, 0.2) is 54.6 Å². The number of carbonyl (C=O) groups is 2. The molecule has 0 fully saturated rings. The number of carbonyl (C=O) groups excluding carboxylic acids is 2. The monoisotopic (exact) mass is 446 g/mol. The van der Waals surface area contributed by atoms with Crippen molar-refractivity contribution in [3.05, 3.63) is 75.2 Å². The lowest BCUT2D eigenvalue weighted by Gasteiger charge is -2.04. The van der Waals surface area contributed by atoms with Crippen molar-refractivity contribution in [1.29, 1.82) is 0 Å². The molecule has 0 saturated carbocycles. The molecule has 0 atom stereocenters. The Morgan fingerprint density at radius 3 is 2.69 bits per heavy atom. The Morgan fingerprint density at radius 1 is 1.07 bits per heavy atom. The zero-order chi connectivity index (χ0) is 20.5. The number of aromatic nitrogens is 2. The Morgan fingerprint density at radius 2 is 1.90 bits per heavy atom. The van der Waals surface area contributed by atoms with E-state index in [4.69, 9.17) is 11.6 Å². The average Bonchev–Trinajstić information content (AvgIpc) is 3.18. The maximum atomic E-state index is 12.2. The normalized spacial score (nSPS) is 10.5. The first kappa shape index (κ1) is 21.3. The van der Waals surface area contributed by atoms with Gasteiger partial charge in [-0.1, -0.05) is 59.3 Å². The summed E-state index contributed by atoms with van der Waals surface area (Å²) in [4.78, 5) is 24.2. The minimum Gasteiger partial charge on any atom is -0.355 e. The molecule has 0 radical (unpaired) electrons. The molecule has 2 N–H and O–H groups in total. The van der Waals surface area contributed by atoms with Crippen molar-refractivity contribution in [3.8, 4) is 0 Å². The van der Waals surface area contributed by atoms with Crippen LogP contribution in [-0.4, -0.2) is 34.3 Å². The Bertz CT molecular complexity index is 966. The third-order valence-corrected chi connectivity index (χ3v) is 6.06. The number of rotatable bonds is 9. The molecule has 0 bridgehead atoms. The molecule has 0 aliphatic carbocycles. The quantitative estimate of drug-likeness (QED) is 0.518. The summed E-state index contributed by atoms with van der Waals surface area (Å²) in [6.45, 7) is 0.607. The van der Waals surface area contributed by atoms with Crippen LogP contribution in [0.5, 0.6) is 0 Å². The van der Waals surface area contributed by atoms with Crippen LogP contribution in [-0.2, 0) is 17.0 Å². The van der Waals surface area contributed by atoms with Crippen molar-refractivity contribution in [3.63, 3.8) is 0 Å². The van der Waals surface area contributed by atoms with E-state index in [-0.39, 0.29) is 16.8 Å². The van der Waals surface area contributed by atoms with Crippen molar-refractivity contribution in [2.24, 2.45) is 0 Å². The van der Waals surface area contributed by atoms with E-state index in [1.54, 1.807) is 24.3 Å². The molecule has 6 nitrogen and oxygen atoms in total. The van der Waals surface area contributed by atoms with Crippen molar-refractivity contribution in [1.82, 2.24) is 15.5 Å². The fraction of sp³-hybridized carbons (Fsp3) is 0.200. The number of thioether (sulfide) groups is 1. The molecule has 3 aromatic rings. The molecule has 0 unspecified atom stereocenters. The van der Waals surface area contributed by atoms with Crippen LogP contribution in [0, 0.1) is 0 Å². The van der Waals surface area contributed by atoms with Crippen molar-refractivity contribution in [2.75, 3.05) is 17.6 Å². The van der Waals surface area contributed by atoms with Gasteiger partial charge >= 0.3 is 0 Å². The molecule has 0 spiro atoms. The summed E-state index contributed by atoms with van der Waals surface area (Å²) >= 11 is 8.56. The standard InChI is InChI=1S/C20H19ClN4O2S2/c21-15-7-4-8-16(11-15)23-19(27)20-25-24-18(29-20)13-28-12-17(26)22-10-9-14-5-2-1-3-6-14/h1-8,11H,9-10,12-13H2,(H,22,26)(H,23,27). The lowest BCUT2D eigenvalue weighted by Crippen LogP contribution is -2.27. The Kier molecular flexibility index (Phi) is 8.03. The molecule has 150 valence electrons. The predicted molar refractivity (Wildman–Crippen MR) is 119 cm³/mol. The topological polar surface area (TPSA) is 84.0 Å². The van der Waals surface area contributed by atoms with Crippen LogP contribution >= 0.6 is 34.7 Å². The first-order valence-electron chi connectivity index (χ1n) is 8.88. The number of benzene rings is 2. The van der Waals surface area contributed by atoms with Gasteiger partial charge in [-0.2, -0.15) is 0 Å². The number of halogens is 1. The van der Waals surface area contributed by atoms with Gasteiger partial charge in [-0.05, 0) is 30.2 Å². The molecule has 1 aromatic heterocycles. The van der Waals surface area contributed by atoms with Crippen molar-refractivity contribution < 1.29 is 9.59 Å². The van der Waals surface area contributed by atoms with E-state index >= 15 is 0 Å².